The Morgan fingerprint density at radius 1 is 1.44 bits per heavy atom. The maximum absolute atomic E-state index is 11.6. The SMILES string of the molecule is CCOC(=O)[C@@]1(C)O[C@@H]1c1ccc(C)cc1. The molecule has 0 aliphatic carbocycles. The highest BCUT2D eigenvalue weighted by Gasteiger charge is 2.60. The first-order valence-electron chi connectivity index (χ1n) is 5.49. The fourth-order valence-electron chi connectivity index (χ4n) is 1.77. The zero-order chi connectivity index (χ0) is 11.8. The summed E-state index contributed by atoms with van der Waals surface area (Å²) in [5.74, 6) is -0.277. The van der Waals surface area contributed by atoms with Crippen LogP contribution in [0, 0.1) is 6.92 Å². The van der Waals surface area contributed by atoms with E-state index < -0.39 is 5.60 Å². The van der Waals surface area contributed by atoms with E-state index in [1.54, 1.807) is 13.8 Å². The Labute approximate surface area is 95.4 Å². The molecule has 0 bridgehead atoms. The van der Waals surface area contributed by atoms with E-state index in [4.69, 9.17) is 9.47 Å². The molecule has 0 amide bonds. The van der Waals surface area contributed by atoms with Gasteiger partial charge in [0, 0.05) is 0 Å². The number of carbonyl (C=O) groups is 1. The van der Waals surface area contributed by atoms with E-state index in [9.17, 15) is 4.79 Å². The highest BCUT2D eigenvalue weighted by Crippen LogP contribution is 2.50. The summed E-state index contributed by atoms with van der Waals surface area (Å²) in [5.41, 5.74) is 1.44. The lowest BCUT2D eigenvalue weighted by Crippen LogP contribution is -2.24. The number of rotatable bonds is 3. The molecule has 2 rings (SSSR count). The topological polar surface area (TPSA) is 38.8 Å². The molecular formula is C13H16O3. The van der Waals surface area contributed by atoms with Crippen LogP contribution < -0.4 is 0 Å². The standard InChI is InChI=1S/C13H16O3/c1-4-15-12(14)13(3)11(16-13)10-7-5-9(2)6-8-10/h5-8,11H,4H2,1-3H3/t11-,13+/m1/s1. The lowest BCUT2D eigenvalue weighted by molar-refractivity contribution is -0.148. The summed E-state index contributed by atoms with van der Waals surface area (Å²) in [5, 5.41) is 0. The first kappa shape index (κ1) is 11.1. The second-order valence-electron chi connectivity index (χ2n) is 4.24. The number of ether oxygens (including phenoxy) is 2. The van der Waals surface area contributed by atoms with Crippen molar-refractivity contribution in [3.05, 3.63) is 35.4 Å². The summed E-state index contributed by atoms with van der Waals surface area (Å²) >= 11 is 0. The number of hydrogen-bond donors (Lipinski definition) is 0. The van der Waals surface area contributed by atoms with Crippen LogP contribution in [0.2, 0.25) is 0 Å². The van der Waals surface area contributed by atoms with Gasteiger partial charge in [-0.15, -0.1) is 0 Å². The first-order valence-corrected chi connectivity index (χ1v) is 5.49. The van der Waals surface area contributed by atoms with Crippen LogP contribution >= 0.6 is 0 Å². The molecule has 0 saturated carbocycles. The molecule has 1 aliphatic heterocycles. The van der Waals surface area contributed by atoms with Crippen LogP contribution in [0.5, 0.6) is 0 Å². The summed E-state index contributed by atoms with van der Waals surface area (Å²) in [4.78, 5) is 11.6. The van der Waals surface area contributed by atoms with Crippen molar-refractivity contribution in [3.63, 3.8) is 0 Å². The Hall–Kier alpha value is -1.35. The maximum Gasteiger partial charge on any atom is 0.341 e. The molecule has 3 heteroatoms. The van der Waals surface area contributed by atoms with Crippen molar-refractivity contribution in [2.24, 2.45) is 0 Å². The molecule has 1 aromatic carbocycles. The zero-order valence-electron chi connectivity index (χ0n) is 9.82. The van der Waals surface area contributed by atoms with Gasteiger partial charge in [-0.05, 0) is 26.3 Å². The molecule has 0 spiro atoms. The minimum atomic E-state index is -0.786. The number of epoxide rings is 1. The fourth-order valence-corrected chi connectivity index (χ4v) is 1.77. The van der Waals surface area contributed by atoms with Gasteiger partial charge in [0.2, 0.25) is 0 Å². The third-order valence-electron chi connectivity index (χ3n) is 2.87. The third-order valence-corrected chi connectivity index (χ3v) is 2.87. The van der Waals surface area contributed by atoms with Gasteiger partial charge >= 0.3 is 5.97 Å². The molecule has 1 fully saturated rings. The van der Waals surface area contributed by atoms with Crippen molar-refractivity contribution in [3.8, 4) is 0 Å². The highest BCUT2D eigenvalue weighted by atomic mass is 16.7. The Kier molecular flexibility index (Phi) is 2.72. The van der Waals surface area contributed by atoms with Gasteiger partial charge in [-0.3, -0.25) is 0 Å². The predicted molar refractivity (Wildman–Crippen MR) is 60.0 cm³/mol. The zero-order valence-corrected chi connectivity index (χ0v) is 9.82. The molecule has 0 N–H and O–H groups in total. The Morgan fingerprint density at radius 2 is 2.06 bits per heavy atom. The highest BCUT2D eigenvalue weighted by molar-refractivity contribution is 5.83. The van der Waals surface area contributed by atoms with E-state index in [2.05, 4.69) is 0 Å². The van der Waals surface area contributed by atoms with Gasteiger partial charge in [0.05, 0.1) is 6.61 Å². The third kappa shape index (κ3) is 1.83. The minimum Gasteiger partial charge on any atom is -0.464 e. The molecule has 1 aromatic rings. The van der Waals surface area contributed by atoms with Crippen LogP contribution in [0.25, 0.3) is 0 Å². The molecule has 0 radical (unpaired) electrons. The quantitative estimate of drug-likeness (QED) is 0.580. The van der Waals surface area contributed by atoms with Crippen LogP contribution in [-0.4, -0.2) is 18.2 Å². The van der Waals surface area contributed by atoms with E-state index in [-0.39, 0.29) is 12.1 Å². The molecule has 86 valence electrons. The number of aryl methyl sites for hydroxylation is 1. The van der Waals surface area contributed by atoms with Crippen molar-refractivity contribution < 1.29 is 14.3 Å². The Balaban J connectivity index is 2.10. The van der Waals surface area contributed by atoms with E-state index in [1.807, 2.05) is 31.2 Å². The lowest BCUT2D eigenvalue weighted by atomic mass is 10.0. The second kappa shape index (κ2) is 3.91. The summed E-state index contributed by atoms with van der Waals surface area (Å²) in [6.45, 7) is 5.99. The number of carbonyl (C=O) groups excluding carboxylic acids is 1. The molecule has 2 atom stereocenters. The van der Waals surface area contributed by atoms with Crippen LogP contribution in [0.1, 0.15) is 31.1 Å². The van der Waals surface area contributed by atoms with Gasteiger partial charge in [-0.2, -0.15) is 0 Å². The van der Waals surface area contributed by atoms with Gasteiger partial charge in [0.1, 0.15) is 6.10 Å². The smallest absolute Gasteiger partial charge is 0.341 e. The van der Waals surface area contributed by atoms with E-state index in [0.717, 1.165) is 5.56 Å². The van der Waals surface area contributed by atoms with Crippen molar-refractivity contribution in [1.82, 2.24) is 0 Å². The van der Waals surface area contributed by atoms with Gasteiger partial charge < -0.3 is 9.47 Å². The van der Waals surface area contributed by atoms with Crippen LogP contribution in [0.15, 0.2) is 24.3 Å². The minimum absolute atomic E-state index is 0.160. The summed E-state index contributed by atoms with van der Waals surface area (Å²) < 4.78 is 10.5. The average molecular weight is 220 g/mol. The summed E-state index contributed by atoms with van der Waals surface area (Å²) in [6, 6.07) is 8.01. The Morgan fingerprint density at radius 3 is 2.62 bits per heavy atom. The molecule has 1 aliphatic rings. The number of benzene rings is 1. The lowest BCUT2D eigenvalue weighted by Gasteiger charge is -2.05. The molecule has 0 unspecified atom stereocenters. The fraction of sp³-hybridized carbons (Fsp3) is 0.462. The average Bonchev–Trinajstić information content (AvgIpc) is 2.94. The summed E-state index contributed by atoms with van der Waals surface area (Å²) in [7, 11) is 0. The van der Waals surface area contributed by atoms with Crippen LogP contribution in [0.3, 0.4) is 0 Å². The van der Waals surface area contributed by atoms with Crippen LogP contribution in [-0.2, 0) is 14.3 Å². The monoisotopic (exact) mass is 220 g/mol. The summed E-state index contributed by atoms with van der Waals surface area (Å²) in [6.07, 6.45) is -0.160. The van der Waals surface area contributed by atoms with Crippen molar-refractivity contribution >= 4 is 5.97 Å². The van der Waals surface area contributed by atoms with E-state index in [1.165, 1.54) is 5.56 Å². The molecule has 1 saturated heterocycles. The maximum atomic E-state index is 11.6. The van der Waals surface area contributed by atoms with E-state index in [0.29, 0.717) is 6.61 Å². The number of esters is 1. The second-order valence-corrected chi connectivity index (χ2v) is 4.24. The first-order chi connectivity index (χ1) is 7.58. The molecular weight excluding hydrogens is 204 g/mol. The Bertz CT molecular complexity index is 396. The molecule has 0 aromatic heterocycles. The van der Waals surface area contributed by atoms with Crippen LogP contribution in [0.4, 0.5) is 0 Å². The number of hydrogen-bond acceptors (Lipinski definition) is 3. The largest absolute Gasteiger partial charge is 0.464 e. The molecule has 3 nitrogen and oxygen atoms in total. The van der Waals surface area contributed by atoms with Gasteiger partial charge in [0.25, 0.3) is 0 Å². The van der Waals surface area contributed by atoms with Gasteiger partial charge in [-0.1, -0.05) is 29.8 Å². The predicted octanol–water partition coefficient (Wildman–Crippen LogP) is 2.39. The van der Waals surface area contributed by atoms with E-state index >= 15 is 0 Å². The van der Waals surface area contributed by atoms with Crippen molar-refractivity contribution in [1.29, 1.82) is 0 Å². The van der Waals surface area contributed by atoms with Crippen molar-refractivity contribution in [2.45, 2.75) is 32.5 Å². The van der Waals surface area contributed by atoms with Gasteiger partial charge in [-0.25, -0.2) is 4.79 Å². The van der Waals surface area contributed by atoms with Gasteiger partial charge in [0.15, 0.2) is 5.60 Å². The normalized spacial score (nSPS) is 27.6. The molecule has 1 heterocycles. The molecule has 16 heavy (non-hydrogen) atoms. The van der Waals surface area contributed by atoms with Crippen molar-refractivity contribution in [2.75, 3.05) is 6.61 Å².